The van der Waals surface area contributed by atoms with Crippen molar-refractivity contribution in [3.63, 3.8) is 0 Å². The number of ether oxygens (including phenoxy) is 1. The molecule has 1 aliphatic rings. The van der Waals surface area contributed by atoms with Crippen LogP contribution < -0.4 is 5.32 Å². The van der Waals surface area contributed by atoms with Crippen molar-refractivity contribution >= 4 is 12.1 Å². The van der Waals surface area contributed by atoms with Crippen LogP contribution in [0.1, 0.15) is 40.8 Å². The highest BCUT2D eigenvalue weighted by Crippen LogP contribution is 2.44. The Morgan fingerprint density at radius 3 is 2.27 bits per heavy atom. The van der Waals surface area contributed by atoms with E-state index in [0.29, 0.717) is 5.69 Å². The number of alkyl carbamates (subject to hydrolysis) is 1. The predicted octanol–water partition coefficient (Wildman–Crippen LogP) is 3.78. The van der Waals surface area contributed by atoms with Gasteiger partial charge in [0, 0.05) is 13.0 Å². The number of nitrogens with zero attached hydrogens (tertiary/aromatic N) is 2. The van der Waals surface area contributed by atoms with Crippen molar-refractivity contribution in [1.29, 1.82) is 0 Å². The van der Waals surface area contributed by atoms with Crippen LogP contribution in [0.5, 0.6) is 0 Å². The van der Waals surface area contributed by atoms with E-state index in [1.807, 2.05) is 43.3 Å². The van der Waals surface area contributed by atoms with Gasteiger partial charge in [0.15, 0.2) is 0 Å². The lowest BCUT2D eigenvalue weighted by Crippen LogP contribution is -2.33. The minimum absolute atomic E-state index is 0.0560. The van der Waals surface area contributed by atoms with E-state index in [4.69, 9.17) is 4.74 Å². The van der Waals surface area contributed by atoms with Gasteiger partial charge in [0.05, 0.1) is 24.4 Å². The summed E-state index contributed by atoms with van der Waals surface area (Å²) in [6, 6.07) is 15.5. The zero-order chi connectivity index (χ0) is 21.3. The second-order valence-electron chi connectivity index (χ2n) is 7.46. The van der Waals surface area contributed by atoms with Crippen molar-refractivity contribution in [1.82, 2.24) is 15.1 Å². The number of carboxylic acids is 1. The Morgan fingerprint density at radius 2 is 1.73 bits per heavy atom. The van der Waals surface area contributed by atoms with Crippen molar-refractivity contribution in [3.8, 4) is 11.1 Å². The summed E-state index contributed by atoms with van der Waals surface area (Å²) in [5, 5.41) is 16.1. The molecule has 0 fully saturated rings. The lowest BCUT2D eigenvalue weighted by molar-refractivity contribution is -0.137. The van der Waals surface area contributed by atoms with E-state index in [9.17, 15) is 14.7 Å². The third-order valence-corrected chi connectivity index (χ3v) is 5.52. The SMILES string of the molecule is Cc1cnn(C)c1[C@@H](CC(=O)O)NC(=O)OCC1c2ccccc2-c2ccccc21. The molecule has 7 nitrogen and oxygen atoms in total. The minimum Gasteiger partial charge on any atom is -0.481 e. The van der Waals surface area contributed by atoms with Gasteiger partial charge >= 0.3 is 12.1 Å². The molecule has 154 valence electrons. The standard InChI is InChI=1S/C23H23N3O4/c1-14-12-24-26(2)22(14)20(11-21(27)28)25-23(29)30-13-19-17-9-5-3-7-15(17)16-8-4-6-10-18(16)19/h3-10,12,19-20H,11,13H2,1-2H3,(H,25,29)(H,27,28)/t20-/m1/s1. The Labute approximate surface area is 174 Å². The number of hydrogen-bond acceptors (Lipinski definition) is 4. The van der Waals surface area contributed by atoms with Crippen LogP contribution in [0.2, 0.25) is 0 Å². The topological polar surface area (TPSA) is 93.5 Å². The molecule has 4 rings (SSSR count). The van der Waals surface area contributed by atoms with Gasteiger partial charge in [-0.2, -0.15) is 5.10 Å². The fourth-order valence-corrected chi connectivity index (χ4v) is 4.23. The highest BCUT2D eigenvalue weighted by Gasteiger charge is 2.30. The van der Waals surface area contributed by atoms with Crippen LogP contribution in [0.15, 0.2) is 54.7 Å². The van der Waals surface area contributed by atoms with E-state index in [2.05, 4.69) is 22.5 Å². The molecule has 1 aromatic heterocycles. The molecule has 0 saturated heterocycles. The van der Waals surface area contributed by atoms with Gasteiger partial charge in [0.1, 0.15) is 6.61 Å². The van der Waals surface area contributed by atoms with E-state index in [-0.39, 0.29) is 18.9 Å². The first-order valence-corrected chi connectivity index (χ1v) is 9.77. The molecule has 2 N–H and O–H groups in total. The summed E-state index contributed by atoms with van der Waals surface area (Å²) in [5.74, 6) is -1.07. The number of carbonyl (C=O) groups excluding carboxylic acids is 1. The maximum absolute atomic E-state index is 12.6. The summed E-state index contributed by atoms with van der Waals surface area (Å²) in [7, 11) is 1.72. The number of aromatic nitrogens is 2. The number of nitrogens with one attached hydrogen (secondary N) is 1. The molecule has 3 aromatic rings. The van der Waals surface area contributed by atoms with Crippen molar-refractivity contribution in [3.05, 3.63) is 77.1 Å². The Bertz CT molecular complexity index is 1040. The average Bonchev–Trinajstić information content (AvgIpc) is 3.22. The second-order valence-corrected chi connectivity index (χ2v) is 7.46. The van der Waals surface area contributed by atoms with Crippen molar-refractivity contribution in [2.75, 3.05) is 6.61 Å². The van der Waals surface area contributed by atoms with Crippen molar-refractivity contribution in [2.45, 2.75) is 25.3 Å². The number of rotatable bonds is 6. The predicted molar refractivity (Wildman–Crippen MR) is 111 cm³/mol. The Kier molecular flexibility index (Phi) is 5.27. The second kappa shape index (κ2) is 8.02. The molecule has 30 heavy (non-hydrogen) atoms. The first-order chi connectivity index (χ1) is 14.5. The van der Waals surface area contributed by atoms with E-state index >= 15 is 0 Å². The summed E-state index contributed by atoms with van der Waals surface area (Å²) in [4.78, 5) is 23.9. The smallest absolute Gasteiger partial charge is 0.407 e. The molecule has 1 atom stereocenters. The normalized spacial score (nSPS) is 13.4. The maximum atomic E-state index is 12.6. The number of hydrogen-bond donors (Lipinski definition) is 2. The Hall–Kier alpha value is -3.61. The van der Waals surface area contributed by atoms with Crippen LogP contribution in [0, 0.1) is 6.92 Å². The van der Waals surface area contributed by atoms with Crippen LogP contribution >= 0.6 is 0 Å². The first-order valence-electron chi connectivity index (χ1n) is 9.77. The molecular formula is C23H23N3O4. The molecular weight excluding hydrogens is 382 g/mol. The van der Waals surface area contributed by atoms with Gasteiger partial charge in [-0.3, -0.25) is 9.48 Å². The third-order valence-electron chi connectivity index (χ3n) is 5.52. The van der Waals surface area contributed by atoms with Gasteiger partial charge in [-0.15, -0.1) is 0 Å². The van der Waals surface area contributed by atoms with Crippen LogP contribution in [-0.2, 0) is 16.6 Å². The molecule has 0 bridgehead atoms. The summed E-state index contributed by atoms with van der Waals surface area (Å²) < 4.78 is 7.13. The molecule has 7 heteroatoms. The van der Waals surface area contributed by atoms with Gasteiger partial charge in [-0.05, 0) is 34.7 Å². The van der Waals surface area contributed by atoms with E-state index in [1.165, 1.54) is 0 Å². The van der Waals surface area contributed by atoms with Crippen LogP contribution in [0.25, 0.3) is 11.1 Å². The fraction of sp³-hybridized carbons (Fsp3) is 0.261. The molecule has 0 radical (unpaired) electrons. The number of aryl methyl sites for hydroxylation is 2. The van der Waals surface area contributed by atoms with Gasteiger partial charge in [0.25, 0.3) is 0 Å². The van der Waals surface area contributed by atoms with Gasteiger partial charge in [-0.1, -0.05) is 48.5 Å². The van der Waals surface area contributed by atoms with Crippen molar-refractivity contribution in [2.24, 2.45) is 7.05 Å². The first kappa shape index (κ1) is 19.7. The molecule has 2 aromatic carbocycles. The van der Waals surface area contributed by atoms with Gasteiger partial charge < -0.3 is 15.2 Å². The van der Waals surface area contributed by atoms with Gasteiger partial charge in [0.2, 0.25) is 0 Å². The Morgan fingerprint density at radius 1 is 1.13 bits per heavy atom. The molecule has 0 unspecified atom stereocenters. The van der Waals surface area contributed by atoms with Crippen molar-refractivity contribution < 1.29 is 19.4 Å². The summed E-state index contributed by atoms with van der Waals surface area (Å²) in [5.41, 5.74) is 5.99. The van der Waals surface area contributed by atoms with Gasteiger partial charge in [-0.25, -0.2) is 4.79 Å². The lowest BCUT2D eigenvalue weighted by atomic mass is 9.98. The highest BCUT2D eigenvalue weighted by atomic mass is 16.5. The number of carboxylic acid groups (broad SMARTS) is 1. The zero-order valence-electron chi connectivity index (χ0n) is 16.8. The monoisotopic (exact) mass is 405 g/mol. The third kappa shape index (κ3) is 3.66. The van der Waals surface area contributed by atoms with E-state index < -0.39 is 18.1 Å². The fourth-order valence-electron chi connectivity index (χ4n) is 4.23. The summed E-state index contributed by atoms with van der Waals surface area (Å²) in [6.07, 6.45) is 0.734. The zero-order valence-corrected chi connectivity index (χ0v) is 16.8. The molecule has 0 aliphatic heterocycles. The van der Waals surface area contributed by atoms with E-state index in [1.54, 1.807) is 17.9 Å². The number of amides is 1. The molecule has 1 heterocycles. The largest absolute Gasteiger partial charge is 0.481 e. The molecule has 1 aliphatic carbocycles. The van der Waals surface area contributed by atoms with E-state index in [0.717, 1.165) is 27.8 Å². The number of benzene rings is 2. The molecule has 1 amide bonds. The number of fused-ring (bicyclic) bond motifs is 3. The number of carbonyl (C=O) groups is 2. The average molecular weight is 405 g/mol. The van der Waals surface area contributed by atoms with Crippen LogP contribution in [0.3, 0.4) is 0 Å². The summed E-state index contributed by atoms with van der Waals surface area (Å²) >= 11 is 0. The minimum atomic E-state index is -1.01. The highest BCUT2D eigenvalue weighted by molar-refractivity contribution is 5.79. The quantitative estimate of drug-likeness (QED) is 0.651. The Balaban J connectivity index is 1.50. The molecule has 0 saturated carbocycles. The summed E-state index contributed by atoms with van der Waals surface area (Å²) in [6.45, 7) is 2.00. The van der Waals surface area contributed by atoms with Crippen LogP contribution in [0.4, 0.5) is 4.79 Å². The van der Waals surface area contributed by atoms with Crippen LogP contribution in [-0.4, -0.2) is 33.6 Å². The lowest BCUT2D eigenvalue weighted by Gasteiger charge is -2.20. The maximum Gasteiger partial charge on any atom is 0.407 e. The number of aliphatic carboxylic acids is 1. The molecule has 0 spiro atoms.